The van der Waals surface area contributed by atoms with Crippen LogP contribution in [0.5, 0.6) is 5.75 Å². The fourth-order valence-electron chi connectivity index (χ4n) is 3.09. The van der Waals surface area contributed by atoms with E-state index in [0.29, 0.717) is 12.5 Å². The van der Waals surface area contributed by atoms with E-state index in [0.717, 1.165) is 43.5 Å². The molecule has 0 amide bonds. The van der Waals surface area contributed by atoms with E-state index in [1.165, 1.54) is 5.69 Å². The average molecular weight is 366 g/mol. The van der Waals surface area contributed by atoms with Gasteiger partial charge < -0.3 is 24.3 Å². The van der Waals surface area contributed by atoms with Gasteiger partial charge in [0.2, 0.25) is 5.95 Å². The SMILES string of the molecule is COc1ccc(N2CCN(c3cnnc(NCc4ccco4)n3)CC2)cc1. The predicted octanol–water partition coefficient (Wildman–Crippen LogP) is 2.41. The van der Waals surface area contributed by atoms with Crippen molar-refractivity contribution in [3.8, 4) is 5.75 Å². The minimum absolute atomic E-state index is 0.501. The fourth-order valence-corrected chi connectivity index (χ4v) is 3.09. The van der Waals surface area contributed by atoms with Crippen LogP contribution in [0.4, 0.5) is 17.5 Å². The van der Waals surface area contributed by atoms with Crippen molar-refractivity contribution >= 4 is 17.5 Å². The quantitative estimate of drug-likeness (QED) is 0.712. The summed E-state index contributed by atoms with van der Waals surface area (Å²) in [5, 5.41) is 11.3. The topological polar surface area (TPSA) is 79.5 Å². The van der Waals surface area contributed by atoms with E-state index < -0.39 is 0 Å². The maximum absolute atomic E-state index is 5.31. The molecule has 0 saturated carbocycles. The number of ether oxygens (including phenoxy) is 1. The molecule has 0 bridgehead atoms. The molecule has 8 heteroatoms. The fraction of sp³-hybridized carbons (Fsp3) is 0.316. The Morgan fingerprint density at radius 2 is 1.85 bits per heavy atom. The second-order valence-electron chi connectivity index (χ2n) is 6.24. The molecule has 1 fully saturated rings. The molecule has 0 spiro atoms. The molecule has 140 valence electrons. The standard InChI is InChI=1S/C19H22N6O2/c1-26-16-6-4-15(5-7-16)24-8-10-25(11-9-24)18-14-21-23-19(22-18)20-13-17-3-2-12-27-17/h2-7,12,14H,8-11,13H2,1H3,(H,20,22,23). The van der Waals surface area contributed by atoms with E-state index in [1.54, 1.807) is 19.6 Å². The van der Waals surface area contributed by atoms with Crippen molar-refractivity contribution in [1.82, 2.24) is 15.2 Å². The van der Waals surface area contributed by atoms with E-state index in [-0.39, 0.29) is 0 Å². The predicted molar refractivity (Wildman–Crippen MR) is 103 cm³/mol. The lowest BCUT2D eigenvalue weighted by Crippen LogP contribution is -2.46. The van der Waals surface area contributed by atoms with Gasteiger partial charge in [-0.25, -0.2) is 0 Å². The summed E-state index contributed by atoms with van der Waals surface area (Å²) in [6.07, 6.45) is 3.36. The van der Waals surface area contributed by atoms with E-state index in [1.807, 2.05) is 24.3 Å². The molecule has 0 unspecified atom stereocenters. The first-order valence-electron chi connectivity index (χ1n) is 8.92. The van der Waals surface area contributed by atoms with Gasteiger partial charge in [-0.1, -0.05) is 0 Å². The Kier molecular flexibility index (Phi) is 5.04. The van der Waals surface area contributed by atoms with Crippen LogP contribution in [0.2, 0.25) is 0 Å². The monoisotopic (exact) mass is 366 g/mol. The second kappa shape index (κ2) is 7.94. The lowest BCUT2D eigenvalue weighted by Gasteiger charge is -2.36. The summed E-state index contributed by atoms with van der Waals surface area (Å²) in [5.41, 5.74) is 1.21. The number of aromatic nitrogens is 3. The van der Waals surface area contributed by atoms with Crippen molar-refractivity contribution in [3.05, 3.63) is 54.6 Å². The van der Waals surface area contributed by atoms with Crippen molar-refractivity contribution in [2.75, 3.05) is 48.4 Å². The van der Waals surface area contributed by atoms with E-state index in [9.17, 15) is 0 Å². The van der Waals surface area contributed by atoms with Crippen LogP contribution >= 0.6 is 0 Å². The highest BCUT2D eigenvalue weighted by Gasteiger charge is 2.19. The van der Waals surface area contributed by atoms with Crippen LogP contribution in [-0.4, -0.2) is 48.5 Å². The van der Waals surface area contributed by atoms with Crippen LogP contribution in [0, 0.1) is 0 Å². The summed E-state index contributed by atoms with van der Waals surface area (Å²) in [4.78, 5) is 9.17. The van der Waals surface area contributed by atoms with Crippen LogP contribution in [0.1, 0.15) is 5.76 Å². The van der Waals surface area contributed by atoms with Gasteiger partial charge >= 0.3 is 0 Å². The Labute approximate surface area is 157 Å². The van der Waals surface area contributed by atoms with Crippen LogP contribution in [-0.2, 0) is 6.54 Å². The zero-order valence-electron chi connectivity index (χ0n) is 15.2. The summed E-state index contributed by atoms with van der Waals surface area (Å²) in [7, 11) is 1.68. The van der Waals surface area contributed by atoms with E-state index >= 15 is 0 Å². The first-order valence-corrected chi connectivity index (χ1v) is 8.92. The number of anilines is 3. The third-order valence-electron chi connectivity index (χ3n) is 4.59. The van der Waals surface area contributed by atoms with Gasteiger partial charge in [0.05, 0.1) is 26.1 Å². The second-order valence-corrected chi connectivity index (χ2v) is 6.24. The number of nitrogens with one attached hydrogen (secondary N) is 1. The van der Waals surface area contributed by atoms with Gasteiger partial charge in [-0.2, -0.15) is 10.1 Å². The molecule has 1 aliphatic heterocycles. The van der Waals surface area contributed by atoms with Crippen molar-refractivity contribution in [2.45, 2.75) is 6.54 Å². The highest BCUT2D eigenvalue weighted by atomic mass is 16.5. The first-order chi connectivity index (χ1) is 13.3. The lowest BCUT2D eigenvalue weighted by molar-refractivity contribution is 0.415. The normalized spacial score (nSPS) is 14.3. The molecular weight excluding hydrogens is 344 g/mol. The van der Waals surface area contributed by atoms with E-state index in [2.05, 4.69) is 42.4 Å². The summed E-state index contributed by atoms with van der Waals surface area (Å²) in [5.74, 6) is 3.04. The minimum atomic E-state index is 0.501. The zero-order valence-corrected chi connectivity index (χ0v) is 15.2. The Morgan fingerprint density at radius 1 is 1.07 bits per heavy atom. The lowest BCUT2D eigenvalue weighted by atomic mass is 10.2. The minimum Gasteiger partial charge on any atom is -0.497 e. The van der Waals surface area contributed by atoms with Crippen molar-refractivity contribution < 1.29 is 9.15 Å². The van der Waals surface area contributed by atoms with Gasteiger partial charge in [0, 0.05) is 31.9 Å². The third-order valence-corrected chi connectivity index (χ3v) is 4.59. The van der Waals surface area contributed by atoms with Crippen LogP contribution in [0.3, 0.4) is 0 Å². The molecule has 0 radical (unpaired) electrons. The zero-order chi connectivity index (χ0) is 18.5. The summed E-state index contributed by atoms with van der Waals surface area (Å²) < 4.78 is 10.5. The van der Waals surface area contributed by atoms with Gasteiger partial charge in [0.1, 0.15) is 11.5 Å². The molecule has 8 nitrogen and oxygen atoms in total. The van der Waals surface area contributed by atoms with Crippen molar-refractivity contribution in [1.29, 1.82) is 0 Å². The number of rotatable bonds is 6. The smallest absolute Gasteiger partial charge is 0.245 e. The van der Waals surface area contributed by atoms with Crippen LogP contribution < -0.4 is 19.9 Å². The Balaban J connectivity index is 1.35. The number of hydrogen-bond acceptors (Lipinski definition) is 8. The molecule has 27 heavy (non-hydrogen) atoms. The molecule has 1 aliphatic rings. The van der Waals surface area contributed by atoms with Gasteiger partial charge in [0.15, 0.2) is 5.82 Å². The number of hydrogen-bond donors (Lipinski definition) is 1. The number of nitrogens with zero attached hydrogens (tertiary/aromatic N) is 5. The average Bonchev–Trinajstić information content (AvgIpc) is 3.26. The van der Waals surface area contributed by atoms with Gasteiger partial charge in [0.25, 0.3) is 0 Å². The maximum atomic E-state index is 5.31. The highest BCUT2D eigenvalue weighted by molar-refractivity contribution is 5.51. The molecule has 1 N–H and O–H groups in total. The van der Waals surface area contributed by atoms with Crippen molar-refractivity contribution in [3.63, 3.8) is 0 Å². The first kappa shape index (κ1) is 17.1. The summed E-state index contributed by atoms with van der Waals surface area (Å²) in [6, 6.07) is 11.9. The Hall–Kier alpha value is -3.29. The number of benzene rings is 1. The molecule has 3 heterocycles. The van der Waals surface area contributed by atoms with Crippen molar-refractivity contribution in [2.24, 2.45) is 0 Å². The maximum Gasteiger partial charge on any atom is 0.245 e. The summed E-state index contributed by atoms with van der Waals surface area (Å²) >= 11 is 0. The number of methoxy groups -OCH3 is 1. The molecular formula is C19H22N6O2. The van der Waals surface area contributed by atoms with Crippen LogP contribution in [0.25, 0.3) is 0 Å². The Bertz CT molecular complexity index is 845. The molecule has 0 aliphatic carbocycles. The summed E-state index contributed by atoms with van der Waals surface area (Å²) in [6.45, 7) is 4.13. The van der Waals surface area contributed by atoms with Gasteiger partial charge in [-0.15, -0.1) is 5.10 Å². The van der Waals surface area contributed by atoms with E-state index in [4.69, 9.17) is 9.15 Å². The molecule has 1 aromatic carbocycles. The molecule has 3 aromatic rings. The highest BCUT2D eigenvalue weighted by Crippen LogP contribution is 2.22. The Morgan fingerprint density at radius 3 is 2.56 bits per heavy atom. The largest absolute Gasteiger partial charge is 0.497 e. The molecule has 4 rings (SSSR count). The third kappa shape index (κ3) is 4.11. The number of furan rings is 1. The molecule has 1 saturated heterocycles. The molecule has 2 aromatic heterocycles. The molecule has 0 atom stereocenters. The number of piperazine rings is 1. The van der Waals surface area contributed by atoms with Crippen LogP contribution in [0.15, 0.2) is 53.3 Å². The van der Waals surface area contributed by atoms with Gasteiger partial charge in [-0.3, -0.25) is 0 Å². The van der Waals surface area contributed by atoms with Gasteiger partial charge in [-0.05, 0) is 36.4 Å².